The molecule has 3 aromatic rings. The summed E-state index contributed by atoms with van der Waals surface area (Å²) in [6.45, 7) is 0.282. The summed E-state index contributed by atoms with van der Waals surface area (Å²) < 4.78 is 6.19. The molecule has 0 spiro atoms. The summed E-state index contributed by atoms with van der Waals surface area (Å²) in [6.07, 6.45) is 1.15. The summed E-state index contributed by atoms with van der Waals surface area (Å²) in [5.41, 5.74) is 0.998. The van der Waals surface area contributed by atoms with Crippen molar-refractivity contribution in [3.05, 3.63) is 52.2 Å². The lowest BCUT2D eigenvalue weighted by atomic mass is 10.2. The molecule has 2 heterocycles. The molecular weight excluding hydrogens is 302 g/mol. The Bertz CT molecular complexity index is 877. The van der Waals surface area contributed by atoms with Gasteiger partial charge < -0.3 is 25.3 Å². The van der Waals surface area contributed by atoms with E-state index in [9.17, 15) is 15.2 Å². The average Bonchev–Trinajstić information content (AvgIpc) is 2.97. The Hall–Kier alpha value is -3.36. The maximum Gasteiger partial charge on any atom is 0.368 e. The number of aromatic hydroxyl groups is 1. The number of para-hydroxylation sites is 1. The number of nitrogens with zero attached hydrogens (tertiary/aromatic N) is 4. The van der Waals surface area contributed by atoms with E-state index >= 15 is 0 Å². The van der Waals surface area contributed by atoms with Crippen molar-refractivity contribution in [3.8, 4) is 11.5 Å². The lowest BCUT2D eigenvalue weighted by Gasteiger charge is -2.09. The van der Waals surface area contributed by atoms with Gasteiger partial charge in [-0.2, -0.15) is 0 Å². The van der Waals surface area contributed by atoms with Crippen LogP contribution in [0.1, 0.15) is 5.56 Å². The SMILES string of the molecule is COc1cccc(CNc2ccc3ncc([N+](=O)[O-])n3n2)c1O. The second-order valence-electron chi connectivity index (χ2n) is 4.68. The van der Waals surface area contributed by atoms with Gasteiger partial charge in [-0.25, -0.2) is 4.98 Å². The maximum atomic E-state index is 10.9. The number of fused-ring (bicyclic) bond motifs is 1. The molecule has 9 heteroatoms. The number of hydrogen-bond donors (Lipinski definition) is 2. The number of aromatic nitrogens is 3. The molecule has 0 unspecified atom stereocenters. The van der Waals surface area contributed by atoms with Crippen LogP contribution in [0.2, 0.25) is 0 Å². The van der Waals surface area contributed by atoms with Gasteiger partial charge in [0, 0.05) is 18.2 Å². The van der Waals surface area contributed by atoms with E-state index in [0.29, 0.717) is 22.8 Å². The topological polar surface area (TPSA) is 115 Å². The third-order valence-corrected chi connectivity index (χ3v) is 3.29. The molecule has 0 radical (unpaired) electrons. The van der Waals surface area contributed by atoms with Gasteiger partial charge in [0.05, 0.1) is 7.11 Å². The molecule has 118 valence electrons. The molecule has 23 heavy (non-hydrogen) atoms. The number of phenols is 1. The van der Waals surface area contributed by atoms with Crippen LogP contribution in [0, 0.1) is 10.1 Å². The zero-order valence-corrected chi connectivity index (χ0v) is 12.1. The number of nitro groups is 1. The molecule has 3 rings (SSSR count). The highest BCUT2D eigenvalue weighted by Crippen LogP contribution is 2.29. The summed E-state index contributed by atoms with van der Waals surface area (Å²) in [7, 11) is 1.47. The van der Waals surface area contributed by atoms with Crippen LogP contribution < -0.4 is 10.1 Å². The third-order valence-electron chi connectivity index (χ3n) is 3.29. The normalized spacial score (nSPS) is 10.7. The third kappa shape index (κ3) is 2.71. The van der Waals surface area contributed by atoms with E-state index in [1.54, 1.807) is 30.3 Å². The first-order chi connectivity index (χ1) is 11.1. The largest absolute Gasteiger partial charge is 0.504 e. The van der Waals surface area contributed by atoms with Crippen LogP contribution in [-0.2, 0) is 6.54 Å². The Morgan fingerprint density at radius 2 is 2.22 bits per heavy atom. The number of ether oxygens (including phenoxy) is 1. The molecule has 0 amide bonds. The van der Waals surface area contributed by atoms with Crippen LogP contribution in [0.25, 0.3) is 5.65 Å². The number of phenolic OH excluding ortho intramolecular Hbond substituents is 1. The number of rotatable bonds is 5. The van der Waals surface area contributed by atoms with Crippen molar-refractivity contribution in [2.75, 3.05) is 12.4 Å². The van der Waals surface area contributed by atoms with Crippen molar-refractivity contribution in [2.24, 2.45) is 0 Å². The zero-order valence-electron chi connectivity index (χ0n) is 12.1. The molecular formula is C14H13N5O4. The first-order valence-corrected chi connectivity index (χ1v) is 6.68. The Morgan fingerprint density at radius 3 is 2.96 bits per heavy atom. The second-order valence-corrected chi connectivity index (χ2v) is 4.68. The Labute approximate surface area is 130 Å². The van der Waals surface area contributed by atoms with E-state index in [1.165, 1.54) is 7.11 Å². The molecule has 0 fully saturated rings. The van der Waals surface area contributed by atoms with Crippen LogP contribution in [0.15, 0.2) is 36.5 Å². The molecule has 2 N–H and O–H groups in total. The van der Waals surface area contributed by atoms with Gasteiger partial charge in [-0.05, 0) is 17.1 Å². The first kappa shape index (κ1) is 14.6. The lowest BCUT2D eigenvalue weighted by molar-refractivity contribution is -0.391. The van der Waals surface area contributed by atoms with E-state index in [2.05, 4.69) is 15.4 Å². The quantitative estimate of drug-likeness (QED) is 0.546. The van der Waals surface area contributed by atoms with Crippen molar-refractivity contribution >= 4 is 17.3 Å². The molecule has 9 nitrogen and oxygen atoms in total. The number of anilines is 1. The number of nitrogens with one attached hydrogen (secondary N) is 1. The van der Waals surface area contributed by atoms with E-state index in [1.807, 2.05) is 0 Å². The molecule has 0 aliphatic heterocycles. The highest BCUT2D eigenvalue weighted by atomic mass is 16.6. The zero-order chi connectivity index (χ0) is 16.4. The smallest absolute Gasteiger partial charge is 0.368 e. The molecule has 0 atom stereocenters. The number of imidazole rings is 1. The minimum atomic E-state index is -0.551. The highest BCUT2D eigenvalue weighted by molar-refractivity contribution is 5.50. The fraction of sp³-hybridized carbons (Fsp3) is 0.143. The van der Waals surface area contributed by atoms with Gasteiger partial charge >= 0.3 is 5.82 Å². The molecule has 0 saturated carbocycles. The van der Waals surface area contributed by atoms with Gasteiger partial charge in [-0.1, -0.05) is 21.7 Å². The molecule has 0 saturated heterocycles. The minimum absolute atomic E-state index is 0.0391. The van der Waals surface area contributed by atoms with Crippen LogP contribution >= 0.6 is 0 Å². The highest BCUT2D eigenvalue weighted by Gasteiger charge is 2.16. The van der Waals surface area contributed by atoms with Crippen LogP contribution in [0.5, 0.6) is 11.5 Å². The van der Waals surface area contributed by atoms with Gasteiger partial charge in [0.15, 0.2) is 17.3 Å². The molecule has 0 bridgehead atoms. The fourth-order valence-corrected chi connectivity index (χ4v) is 2.14. The van der Waals surface area contributed by atoms with E-state index < -0.39 is 4.92 Å². The lowest BCUT2D eigenvalue weighted by Crippen LogP contribution is -2.05. The van der Waals surface area contributed by atoms with Gasteiger partial charge in [-0.3, -0.25) is 0 Å². The number of hydrogen-bond acceptors (Lipinski definition) is 7. The summed E-state index contributed by atoms with van der Waals surface area (Å²) >= 11 is 0. The van der Waals surface area contributed by atoms with Crippen molar-refractivity contribution < 1.29 is 14.8 Å². The van der Waals surface area contributed by atoms with E-state index in [4.69, 9.17) is 4.74 Å². The van der Waals surface area contributed by atoms with Crippen LogP contribution in [-0.4, -0.2) is 31.7 Å². The van der Waals surface area contributed by atoms with Gasteiger partial charge in [0.25, 0.3) is 0 Å². The molecule has 0 aliphatic rings. The van der Waals surface area contributed by atoms with Gasteiger partial charge in [0.1, 0.15) is 6.20 Å². The second kappa shape index (κ2) is 5.79. The minimum Gasteiger partial charge on any atom is -0.504 e. The van der Waals surface area contributed by atoms with Crippen molar-refractivity contribution in [2.45, 2.75) is 6.54 Å². The van der Waals surface area contributed by atoms with Gasteiger partial charge in [0.2, 0.25) is 5.65 Å². The summed E-state index contributed by atoms with van der Waals surface area (Å²) in [5, 5.41) is 28.1. The Balaban J connectivity index is 1.85. The Kier molecular flexibility index (Phi) is 3.67. The average molecular weight is 315 g/mol. The predicted octanol–water partition coefficient (Wildman–Crippen LogP) is 1.96. The number of methoxy groups -OCH3 is 1. The Morgan fingerprint density at radius 1 is 1.39 bits per heavy atom. The number of benzene rings is 1. The van der Waals surface area contributed by atoms with Crippen molar-refractivity contribution in [3.63, 3.8) is 0 Å². The van der Waals surface area contributed by atoms with Crippen molar-refractivity contribution in [1.29, 1.82) is 0 Å². The maximum absolute atomic E-state index is 10.9. The van der Waals surface area contributed by atoms with Crippen LogP contribution in [0.3, 0.4) is 0 Å². The molecule has 0 aliphatic carbocycles. The van der Waals surface area contributed by atoms with E-state index in [-0.39, 0.29) is 18.1 Å². The standard InChI is InChI=1S/C14H13N5O4/c1-23-10-4-2-3-9(14(10)20)7-15-11-5-6-12-16-8-13(19(21)22)18(12)17-11/h2-6,8,20H,7H2,1H3,(H,15,17). The first-order valence-electron chi connectivity index (χ1n) is 6.68. The summed E-state index contributed by atoms with van der Waals surface area (Å²) in [5.74, 6) is 0.615. The predicted molar refractivity (Wildman–Crippen MR) is 81.6 cm³/mol. The fourth-order valence-electron chi connectivity index (χ4n) is 2.14. The van der Waals surface area contributed by atoms with Gasteiger partial charge in [-0.15, -0.1) is 0 Å². The summed E-state index contributed by atoms with van der Waals surface area (Å²) in [4.78, 5) is 14.3. The summed E-state index contributed by atoms with van der Waals surface area (Å²) in [6, 6.07) is 8.42. The molecule has 2 aromatic heterocycles. The van der Waals surface area contributed by atoms with E-state index in [0.717, 1.165) is 10.7 Å². The monoisotopic (exact) mass is 315 g/mol. The van der Waals surface area contributed by atoms with Crippen molar-refractivity contribution in [1.82, 2.24) is 14.6 Å². The van der Waals surface area contributed by atoms with Crippen LogP contribution in [0.4, 0.5) is 11.6 Å². The molecule has 1 aromatic carbocycles.